The van der Waals surface area contributed by atoms with Gasteiger partial charge in [-0.3, -0.25) is 4.79 Å². The molecule has 0 aromatic carbocycles. The maximum atomic E-state index is 12.4. The smallest absolute Gasteiger partial charge is 0.394 e. The number of primary amides is 4. The van der Waals surface area contributed by atoms with Gasteiger partial charge in [0.1, 0.15) is 0 Å². The Bertz CT molecular complexity index is 1320. The van der Waals surface area contributed by atoms with Crippen LogP contribution in [0.3, 0.4) is 0 Å². The summed E-state index contributed by atoms with van der Waals surface area (Å²) in [5.74, 6) is -0.213. The molecule has 3 unspecified atom stereocenters. The third-order valence-electron chi connectivity index (χ3n) is 8.09. The lowest BCUT2D eigenvalue weighted by Crippen LogP contribution is -2.70. The van der Waals surface area contributed by atoms with Crippen LogP contribution < -0.4 is 49.5 Å². The molecule has 63 heavy (non-hydrogen) atoms. The number of nitrogens with two attached hydrogens (primary N) is 4. The van der Waals surface area contributed by atoms with Crippen molar-refractivity contribution in [2.45, 2.75) is 105 Å². The van der Waals surface area contributed by atoms with Gasteiger partial charge in [0.2, 0.25) is 5.91 Å². The maximum Gasteiger partial charge on any atom is 0.505 e. The zero-order valence-corrected chi connectivity index (χ0v) is 43.8. The van der Waals surface area contributed by atoms with E-state index in [-0.39, 0.29) is 108 Å². The first-order chi connectivity index (χ1) is 29.8. The van der Waals surface area contributed by atoms with Crippen molar-refractivity contribution in [3.63, 3.8) is 0 Å². The van der Waals surface area contributed by atoms with Crippen molar-refractivity contribution in [1.29, 1.82) is 0 Å². The second kappa shape index (κ2) is 34.3. The number of hydrogen-bond donors (Lipinski definition) is 9. The first kappa shape index (κ1) is 62.1. The van der Waals surface area contributed by atoms with E-state index in [1.165, 1.54) is 6.92 Å². The summed E-state index contributed by atoms with van der Waals surface area (Å²) < 4.78 is 66.8. The molecule has 0 aromatic rings. The zero-order chi connectivity index (χ0) is 48.4. The predicted octanol–water partition coefficient (Wildman–Crippen LogP) is 1.81. The van der Waals surface area contributed by atoms with Gasteiger partial charge in [0, 0.05) is 90.9 Å². The number of hydrogen-bond acceptors (Lipinski definition) is 15. The van der Waals surface area contributed by atoms with Crippen LogP contribution in [-0.2, 0) is 47.8 Å². The van der Waals surface area contributed by atoms with Gasteiger partial charge in [-0.15, -0.1) is 13.2 Å². The topological polar surface area (TPSA) is 342 Å². The molecule has 0 spiro atoms. The Morgan fingerprint density at radius 1 is 0.429 bits per heavy atom. The quantitative estimate of drug-likeness (QED) is 0.0242. The minimum Gasteiger partial charge on any atom is -0.394 e. The molecule has 0 saturated heterocycles. The van der Waals surface area contributed by atoms with E-state index in [4.69, 9.17) is 66.0 Å². The Hall–Kier alpha value is -3.03. The van der Waals surface area contributed by atoms with E-state index in [0.717, 1.165) is 0 Å². The van der Waals surface area contributed by atoms with Crippen LogP contribution >= 0.6 is 0 Å². The van der Waals surface area contributed by atoms with Gasteiger partial charge in [-0.1, -0.05) is 0 Å². The van der Waals surface area contributed by atoms with Crippen LogP contribution in [0.5, 0.6) is 0 Å². The van der Waals surface area contributed by atoms with E-state index < -0.39 is 67.9 Å². The third kappa shape index (κ3) is 27.8. The summed E-state index contributed by atoms with van der Waals surface area (Å²) in [5.41, 5.74) is 21.8. The highest BCUT2D eigenvalue weighted by Gasteiger charge is 2.61. The number of carbonyl (C=O) groups is 5. The normalized spacial score (nSPS) is 14.4. The number of rotatable bonds is 38. The summed E-state index contributed by atoms with van der Waals surface area (Å²) in [6.07, 6.45) is 0.967. The maximum absolute atomic E-state index is 12.4. The molecule has 0 fully saturated rings. The van der Waals surface area contributed by atoms with Gasteiger partial charge in [-0.2, -0.15) is 0 Å². The minimum atomic E-state index is -4.30. The van der Waals surface area contributed by atoms with Crippen molar-refractivity contribution in [3.8, 4) is 0 Å². The molecule has 0 bridgehead atoms. The molecular weight excluding hydrogens is 915 g/mol. The van der Waals surface area contributed by atoms with Gasteiger partial charge < -0.3 is 92.5 Å². The lowest BCUT2D eigenvalue weighted by atomic mass is 10.5. The van der Waals surface area contributed by atoms with Crippen molar-refractivity contribution in [3.05, 3.63) is 13.2 Å². The molecule has 0 aromatic heterocycles. The standard InChI is InChI=1S/C32H75N9O15Si5.C2H4/c1-9-47-58(48-10-2,25-17-21-39-30(34)44)55-60(51-13-5,26-18-22-40-31(35)45)53-57(8,23-15-20-38-29(33)43)54-61(52-14-6,27-41-32(36)46)56-59(49-11-3,50-12-4)24-16-19-37-28(7)42;1-2/h9-27H2,1-8H3,(H,37,42)(H3,33,38,43)(H3,34,39,44)(H3,35,40,45)(H3,36,41,46);1-2H2. The third-order valence-corrected chi connectivity index (χ3v) is 28.1. The fraction of sp³-hybridized carbons (Fsp3) is 0.794. The lowest BCUT2D eigenvalue weighted by Gasteiger charge is -2.46. The van der Waals surface area contributed by atoms with Crippen LogP contribution in [-0.4, -0.2) is 146 Å². The number of urea groups is 4. The van der Waals surface area contributed by atoms with E-state index in [2.05, 4.69) is 39.7 Å². The Labute approximate surface area is 379 Å². The Morgan fingerprint density at radius 2 is 0.714 bits per heavy atom. The zero-order valence-electron chi connectivity index (χ0n) is 38.8. The monoisotopic (exact) mass is 993 g/mol. The van der Waals surface area contributed by atoms with Gasteiger partial charge >= 0.3 is 67.9 Å². The highest BCUT2D eigenvalue weighted by atomic mass is 28.5. The second-order valence-electron chi connectivity index (χ2n) is 13.4. The van der Waals surface area contributed by atoms with Crippen LogP contribution in [0, 0.1) is 0 Å². The molecule has 0 saturated carbocycles. The van der Waals surface area contributed by atoms with Crippen LogP contribution in [0.25, 0.3) is 0 Å². The lowest BCUT2D eigenvalue weighted by molar-refractivity contribution is -0.119. The van der Waals surface area contributed by atoms with E-state index in [9.17, 15) is 24.0 Å². The molecule has 9 amide bonds. The molecule has 24 nitrogen and oxygen atoms in total. The number of amides is 9. The van der Waals surface area contributed by atoms with Gasteiger partial charge in [0.05, 0.1) is 6.17 Å². The molecule has 0 aliphatic rings. The summed E-state index contributed by atoms with van der Waals surface area (Å²) in [6, 6.07) is -2.35. The second-order valence-corrected chi connectivity index (χ2v) is 28.4. The van der Waals surface area contributed by atoms with Gasteiger partial charge in [-0.05, 0) is 79.8 Å². The Kier molecular flexibility index (Phi) is 33.8. The van der Waals surface area contributed by atoms with Crippen LogP contribution in [0.1, 0.15) is 74.1 Å². The van der Waals surface area contributed by atoms with E-state index in [0.29, 0.717) is 19.4 Å². The van der Waals surface area contributed by atoms with Crippen LogP contribution in [0.4, 0.5) is 19.2 Å². The molecule has 370 valence electrons. The van der Waals surface area contributed by atoms with Crippen molar-refractivity contribution in [2.24, 2.45) is 22.9 Å². The van der Waals surface area contributed by atoms with Gasteiger partial charge in [0.25, 0.3) is 0 Å². The minimum absolute atomic E-state index is 0.0440. The first-order valence-corrected chi connectivity index (χ1v) is 31.5. The van der Waals surface area contributed by atoms with Crippen LogP contribution in [0.15, 0.2) is 13.2 Å². The van der Waals surface area contributed by atoms with Crippen molar-refractivity contribution in [1.82, 2.24) is 26.6 Å². The fourth-order valence-electron chi connectivity index (χ4n) is 6.04. The molecule has 0 heterocycles. The van der Waals surface area contributed by atoms with Crippen molar-refractivity contribution in [2.75, 3.05) is 72.0 Å². The largest absolute Gasteiger partial charge is 0.505 e. The summed E-state index contributed by atoms with van der Waals surface area (Å²) >= 11 is 0. The summed E-state index contributed by atoms with van der Waals surface area (Å²) in [5, 5.41) is 13.1. The molecule has 0 radical (unpaired) electrons. The van der Waals surface area contributed by atoms with Gasteiger partial charge in [0.15, 0.2) is 0 Å². The highest BCUT2D eigenvalue weighted by Crippen LogP contribution is 2.35. The molecule has 0 aliphatic heterocycles. The molecular formula is C34H79N9O15Si5. The number of nitrogens with one attached hydrogen (secondary N) is 5. The molecule has 29 heteroatoms. The fourth-order valence-corrected chi connectivity index (χ4v) is 28.3. The molecule has 0 aliphatic carbocycles. The first-order valence-electron chi connectivity index (χ1n) is 21.3. The Morgan fingerprint density at radius 3 is 1.06 bits per heavy atom. The predicted molar refractivity (Wildman–Crippen MR) is 247 cm³/mol. The van der Waals surface area contributed by atoms with Crippen molar-refractivity contribution < 1.29 is 67.0 Å². The summed E-state index contributed by atoms with van der Waals surface area (Å²) in [4.78, 5) is 59.1. The van der Waals surface area contributed by atoms with E-state index in [1.807, 2.05) is 0 Å². The van der Waals surface area contributed by atoms with E-state index in [1.54, 1.807) is 48.1 Å². The number of carbonyl (C=O) groups excluding carboxylic acids is 5. The summed E-state index contributed by atoms with van der Waals surface area (Å²) in [6.45, 7) is 21.4. The van der Waals surface area contributed by atoms with E-state index >= 15 is 0 Å². The molecule has 0 rings (SSSR count). The van der Waals surface area contributed by atoms with Gasteiger partial charge in [-0.25, -0.2) is 19.2 Å². The Balaban J connectivity index is 0. The molecule has 3 atom stereocenters. The SMILES string of the molecule is C=C.CCO[Si](CCCNC(N)=O)(OCC)O[Si](CCCNC(N)=O)(OCC)O[Si](C)(CCCNC(N)=O)O[Si](CNC(N)=O)(OCC)O[Si](CCCNC(C)=O)(OCC)OCC. The van der Waals surface area contributed by atoms with Crippen LogP contribution in [0.2, 0.25) is 30.7 Å². The van der Waals surface area contributed by atoms with Crippen molar-refractivity contribution >= 4 is 73.8 Å². The molecule has 13 N–H and O–H groups in total. The summed E-state index contributed by atoms with van der Waals surface area (Å²) in [7, 11) is -19.9. The average Bonchev–Trinajstić information content (AvgIpc) is 3.19. The average molecular weight is 994 g/mol. The highest BCUT2D eigenvalue weighted by molar-refractivity contribution is 6.87.